The van der Waals surface area contributed by atoms with Crippen molar-refractivity contribution >= 4 is 17.5 Å². The molecule has 6 nitrogen and oxygen atoms in total. The Morgan fingerprint density at radius 2 is 1.63 bits per heavy atom. The molecule has 7 heteroatoms. The minimum absolute atomic E-state index is 0.205. The van der Waals surface area contributed by atoms with Crippen LogP contribution in [0.5, 0.6) is 5.75 Å². The smallest absolute Gasteiger partial charge is 0.287 e. The molecular formula is C28H22ClN3O3. The summed E-state index contributed by atoms with van der Waals surface area (Å²) >= 11 is 5.89. The molecule has 0 fully saturated rings. The van der Waals surface area contributed by atoms with Gasteiger partial charge in [0.25, 0.3) is 5.91 Å². The Labute approximate surface area is 207 Å². The van der Waals surface area contributed by atoms with Crippen molar-refractivity contribution in [2.24, 2.45) is 0 Å². The van der Waals surface area contributed by atoms with Crippen LogP contribution >= 0.6 is 11.6 Å². The van der Waals surface area contributed by atoms with Gasteiger partial charge >= 0.3 is 0 Å². The summed E-state index contributed by atoms with van der Waals surface area (Å²) < 4.78 is 13.2. The molecule has 3 aromatic carbocycles. The van der Waals surface area contributed by atoms with Crippen LogP contribution in [0.1, 0.15) is 21.9 Å². The van der Waals surface area contributed by atoms with Gasteiger partial charge in [-0.25, -0.2) is 4.68 Å². The third kappa shape index (κ3) is 5.45. The minimum Gasteiger partial charge on any atom is -0.486 e. The zero-order valence-electron chi connectivity index (χ0n) is 18.7. The van der Waals surface area contributed by atoms with Gasteiger partial charge < -0.3 is 14.5 Å². The molecule has 0 aliphatic carbocycles. The third-order valence-corrected chi connectivity index (χ3v) is 5.63. The molecule has 0 spiro atoms. The zero-order chi connectivity index (χ0) is 24.0. The third-order valence-electron chi connectivity index (χ3n) is 5.38. The maximum Gasteiger partial charge on any atom is 0.287 e. The van der Waals surface area contributed by atoms with Gasteiger partial charge in [-0.05, 0) is 48.5 Å². The standard InChI is InChI=1S/C28H22ClN3O3/c29-22-11-13-24(14-12-22)34-19-25-15-16-26(35-25)28(33)30-17-21-18-32(23-9-5-2-6-10-23)31-27(21)20-7-3-1-4-8-20/h1-16,18H,17,19H2,(H,30,33). The predicted molar refractivity (Wildman–Crippen MR) is 135 cm³/mol. The summed E-state index contributed by atoms with van der Waals surface area (Å²) in [6.07, 6.45) is 1.94. The van der Waals surface area contributed by atoms with Crippen LogP contribution < -0.4 is 10.1 Å². The van der Waals surface area contributed by atoms with Gasteiger partial charge in [0.2, 0.25) is 0 Å². The average Bonchev–Trinajstić information content (AvgIpc) is 3.56. The summed E-state index contributed by atoms with van der Waals surface area (Å²) in [4.78, 5) is 12.8. The lowest BCUT2D eigenvalue weighted by Crippen LogP contribution is -2.22. The molecule has 2 aromatic heterocycles. The van der Waals surface area contributed by atoms with Crippen LogP contribution in [0.25, 0.3) is 16.9 Å². The number of hydrogen-bond acceptors (Lipinski definition) is 4. The van der Waals surface area contributed by atoms with Gasteiger partial charge in [-0.3, -0.25) is 4.79 Å². The first-order valence-electron chi connectivity index (χ1n) is 11.1. The van der Waals surface area contributed by atoms with E-state index in [9.17, 15) is 4.79 Å². The number of aromatic nitrogens is 2. The number of nitrogens with zero attached hydrogens (tertiary/aromatic N) is 2. The Bertz CT molecular complexity index is 1410. The highest BCUT2D eigenvalue weighted by Crippen LogP contribution is 2.24. The Hall–Kier alpha value is -4.29. The summed E-state index contributed by atoms with van der Waals surface area (Å²) in [6.45, 7) is 0.504. The summed E-state index contributed by atoms with van der Waals surface area (Å²) in [5.41, 5.74) is 3.63. The van der Waals surface area contributed by atoms with Crippen molar-refractivity contribution in [2.75, 3.05) is 0 Å². The normalized spacial score (nSPS) is 10.8. The Kier molecular flexibility index (Phi) is 6.63. The number of halogens is 1. The number of benzene rings is 3. The maximum absolute atomic E-state index is 12.8. The van der Waals surface area contributed by atoms with Crippen molar-refractivity contribution in [3.05, 3.63) is 125 Å². The van der Waals surface area contributed by atoms with E-state index in [-0.39, 0.29) is 18.3 Å². The highest BCUT2D eigenvalue weighted by molar-refractivity contribution is 6.30. The molecule has 5 aromatic rings. The molecule has 0 saturated heterocycles. The van der Waals surface area contributed by atoms with Crippen LogP contribution in [0.15, 0.2) is 108 Å². The fourth-order valence-corrected chi connectivity index (χ4v) is 3.74. The van der Waals surface area contributed by atoms with Crippen molar-refractivity contribution in [3.8, 4) is 22.7 Å². The Balaban J connectivity index is 1.28. The molecule has 1 amide bonds. The Morgan fingerprint density at radius 3 is 2.37 bits per heavy atom. The molecule has 0 unspecified atom stereocenters. The second-order valence-electron chi connectivity index (χ2n) is 7.84. The first kappa shape index (κ1) is 22.5. The molecule has 174 valence electrons. The lowest BCUT2D eigenvalue weighted by atomic mass is 10.1. The van der Waals surface area contributed by atoms with E-state index in [4.69, 9.17) is 25.9 Å². The molecule has 0 aliphatic heterocycles. The van der Waals surface area contributed by atoms with Crippen molar-refractivity contribution in [2.45, 2.75) is 13.2 Å². The van der Waals surface area contributed by atoms with E-state index in [2.05, 4.69) is 5.32 Å². The highest BCUT2D eigenvalue weighted by Gasteiger charge is 2.16. The summed E-state index contributed by atoms with van der Waals surface area (Å²) in [5.74, 6) is 1.12. The van der Waals surface area contributed by atoms with Crippen molar-refractivity contribution in [1.29, 1.82) is 0 Å². The van der Waals surface area contributed by atoms with Crippen LogP contribution in [-0.4, -0.2) is 15.7 Å². The number of furan rings is 1. The zero-order valence-corrected chi connectivity index (χ0v) is 19.5. The number of ether oxygens (including phenoxy) is 1. The van der Waals surface area contributed by atoms with Crippen molar-refractivity contribution in [1.82, 2.24) is 15.1 Å². The van der Waals surface area contributed by atoms with E-state index < -0.39 is 0 Å². The quantitative estimate of drug-likeness (QED) is 0.281. The molecule has 1 N–H and O–H groups in total. The van der Waals surface area contributed by atoms with E-state index in [0.29, 0.717) is 23.1 Å². The van der Waals surface area contributed by atoms with Crippen LogP contribution in [-0.2, 0) is 13.2 Å². The number of rotatable bonds is 8. The number of carbonyl (C=O) groups excluding carboxylic acids is 1. The van der Waals surface area contributed by atoms with Gasteiger partial charge in [-0.2, -0.15) is 5.10 Å². The largest absolute Gasteiger partial charge is 0.486 e. The minimum atomic E-state index is -0.311. The molecule has 0 saturated carbocycles. The molecule has 5 rings (SSSR count). The summed E-state index contributed by atoms with van der Waals surface area (Å²) in [5, 5.41) is 8.36. The predicted octanol–water partition coefficient (Wildman–Crippen LogP) is 6.29. The maximum atomic E-state index is 12.8. The number of amides is 1. The van der Waals surface area contributed by atoms with E-state index >= 15 is 0 Å². The molecule has 0 atom stereocenters. The number of para-hydroxylation sites is 1. The first-order valence-corrected chi connectivity index (χ1v) is 11.5. The van der Waals surface area contributed by atoms with Gasteiger partial charge in [0, 0.05) is 28.9 Å². The number of nitrogens with one attached hydrogen (secondary N) is 1. The highest BCUT2D eigenvalue weighted by atomic mass is 35.5. The van der Waals surface area contributed by atoms with E-state index in [1.54, 1.807) is 36.4 Å². The molecule has 0 bridgehead atoms. The van der Waals surface area contributed by atoms with E-state index in [0.717, 1.165) is 22.5 Å². The monoisotopic (exact) mass is 483 g/mol. The van der Waals surface area contributed by atoms with E-state index in [1.165, 1.54) is 0 Å². The molecule has 0 radical (unpaired) electrons. The fraction of sp³-hybridized carbons (Fsp3) is 0.0714. The van der Waals surface area contributed by atoms with Crippen LogP contribution in [0.2, 0.25) is 5.02 Å². The first-order chi connectivity index (χ1) is 17.2. The lowest BCUT2D eigenvalue weighted by molar-refractivity contribution is 0.0919. The van der Waals surface area contributed by atoms with Crippen LogP contribution in [0.3, 0.4) is 0 Å². The second-order valence-corrected chi connectivity index (χ2v) is 8.28. The van der Waals surface area contributed by atoms with Gasteiger partial charge in [0.15, 0.2) is 5.76 Å². The van der Waals surface area contributed by atoms with Crippen LogP contribution in [0, 0.1) is 0 Å². The van der Waals surface area contributed by atoms with Gasteiger partial charge in [0.05, 0.1) is 11.4 Å². The lowest BCUT2D eigenvalue weighted by Gasteiger charge is -2.05. The number of hydrogen-bond donors (Lipinski definition) is 1. The summed E-state index contributed by atoms with van der Waals surface area (Å²) in [7, 11) is 0. The molecular weight excluding hydrogens is 462 g/mol. The van der Waals surface area contributed by atoms with E-state index in [1.807, 2.05) is 71.5 Å². The van der Waals surface area contributed by atoms with Crippen molar-refractivity contribution in [3.63, 3.8) is 0 Å². The average molecular weight is 484 g/mol. The van der Waals surface area contributed by atoms with Crippen molar-refractivity contribution < 1.29 is 13.9 Å². The van der Waals surface area contributed by atoms with Crippen LogP contribution in [0.4, 0.5) is 0 Å². The topological polar surface area (TPSA) is 69.3 Å². The van der Waals surface area contributed by atoms with Gasteiger partial charge in [-0.15, -0.1) is 0 Å². The Morgan fingerprint density at radius 1 is 0.914 bits per heavy atom. The number of carbonyl (C=O) groups is 1. The van der Waals surface area contributed by atoms with Gasteiger partial charge in [0.1, 0.15) is 18.1 Å². The SMILES string of the molecule is O=C(NCc1cn(-c2ccccc2)nc1-c1ccccc1)c1ccc(COc2ccc(Cl)cc2)o1. The fourth-order valence-electron chi connectivity index (χ4n) is 3.62. The van der Waals surface area contributed by atoms with Gasteiger partial charge in [-0.1, -0.05) is 60.1 Å². The molecule has 35 heavy (non-hydrogen) atoms. The molecule has 0 aliphatic rings. The summed E-state index contributed by atoms with van der Waals surface area (Å²) in [6, 6.07) is 30.2. The second kappa shape index (κ2) is 10.3. The molecule has 2 heterocycles.